The Hall–Kier alpha value is -5.48. The van der Waals surface area contributed by atoms with Crippen LogP contribution in [-0.4, -0.2) is 11.7 Å². The first-order valence-corrected chi connectivity index (χ1v) is 15.8. The Labute approximate surface area is 275 Å². The number of nitrogens with two attached hydrogens (primary N) is 1. The first-order valence-electron chi connectivity index (χ1n) is 15.8. The van der Waals surface area contributed by atoms with Gasteiger partial charge in [0.2, 0.25) is 0 Å². The Morgan fingerprint density at radius 3 is 1.30 bits per heavy atom. The van der Waals surface area contributed by atoms with Crippen LogP contribution in [0.1, 0.15) is 55.6 Å². The average molecular weight is 607 g/mol. The van der Waals surface area contributed by atoms with Crippen molar-refractivity contribution in [2.75, 3.05) is 0 Å². The van der Waals surface area contributed by atoms with E-state index < -0.39 is 0 Å². The Bertz CT molecular complexity index is 1670. The van der Waals surface area contributed by atoms with Crippen LogP contribution < -0.4 is 11.1 Å². The van der Waals surface area contributed by atoms with Gasteiger partial charge in [0.15, 0.2) is 6.17 Å². The maximum Gasteiger partial charge on any atom is 0.169 e. The molecule has 1 atom stereocenters. The van der Waals surface area contributed by atoms with E-state index in [1.54, 1.807) is 0 Å². The number of aryl methyl sites for hydroxylation is 1. The van der Waals surface area contributed by atoms with Crippen molar-refractivity contribution in [1.82, 2.24) is 5.32 Å². The lowest BCUT2D eigenvalue weighted by atomic mass is 10.0. The lowest BCUT2D eigenvalue weighted by molar-refractivity contribution is 0.756. The van der Waals surface area contributed by atoms with Crippen LogP contribution in [0.2, 0.25) is 0 Å². The number of hydrogen-bond acceptors (Lipinski definition) is 4. The second-order valence-corrected chi connectivity index (χ2v) is 10.2. The van der Waals surface area contributed by atoms with E-state index in [2.05, 4.69) is 159 Å². The van der Waals surface area contributed by atoms with Crippen LogP contribution in [0.25, 0.3) is 22.3 Å². The fourth-order valence-electron chi connectivity index (χ4n) is 4.53. The van der Waals surface area contributed by atoms with Crippen molar-refractivity contribution in [1.29, 1.82) is 0 Å². The minimum absolute atomic E-state index is 0.328. The van der Waals surface area contributed by atoms with Gasteiger partial charge in [-0.05, 0) is 47.4 Å². The van der Waals surface area contributed by atoms with Crippen LogP contribution in [0.15, 0.2) is 169 Å². The molecule has 234 valence electrons. The normalized spacial score (nSPS) is 12.9. The van der Waals surface area contributed by atoms with E-state index in [0.29, 0.717) is 0 Å². The third-order valence-electron chi connectivity index (χ3n) is 6.93. The third-order valence-corrected chi connectivity index (χ3v) is 6.93. The summed E-state index contributed by atoms with van der Waals surface area (Å²) in [4.78, 5) is 10.1. The minimum atomic E-state index is -0.328. The SMILES string of the molecule is C=CCC.C=CN.CC.Cc1ccc(C2=NC(c3ccc(-c4ccccc4)cc3)N=C(c3ccc(-c4ccccc4)cc3)N2)cc1. The van der Waals surface area contributed by atoms with Gasteiger partial charge >= 0.3 is 0 Å². The molecule has 5 aromatic rings. The van der Waals surface area contributed by atoms with Gasteiger partial charge in [0.25, 0.3) is 0 Å². The van der Waals surface area contributed by atoms with Crippen LogP contribution in [0.3, 0.4) is 0 Å². The number of hydrogen-bond donors (Lipinski definition) is 2. The molecule has 1 aliphatic heterocycles. The molecule has 4 nitrogen and oxygen atoms in total. The van der Waals surface area contributed by atoms with Gasteiger partial charge in [-0.25, -0.2) is 9.98 Å². The van der Waals surface area contributed by atoms with Gasteiger partial charge in [-0.3, -0.25) is 0 Å². The van der Waals surface area contributed by atoms with Crippen molar-refractivity contribution in [2.24, 2.45) is 15.7 Å². The highest BCUT2D eigenvalue weighted by molar-refractivity contribution is 6.16. The Balaban J connectivity index is 0.000000577. The number of nitrogens with zero attached hydrogens (tertiary/aromatic N) is 2. The van der Waals surface area contributed by atoms with Gasteiger partial charge in [-0.15, -0.1) is 6.58 Å². The highest BCUT2D eigenvalue weighted by Crippen LogP contribution is 2.28. The monoisotopic (exact) mass is 606 g/mol. The van der Waals surface area contributed by atoms with Gasteiger partial charge in [0, 0.05) is 11.1 Å². The first kappa shape index (κ1) is 35.0. The molecule has 0 saturated heterocycles. The zero-order valence-corrected chi connectivity index (χ0v) is 27.5. The fourth-order valence-corrected chi connectivity index (χ4v) is 4.53. The maximum absolute atomic E-state index is 5.04. The topological polar surface area (TPSA) is 62.8 Å². The van der Waals surface area contributed by atoms with Crippen molar-refractivity contribution < 1.29 is 0 Å². The standard InChI is InChI=1S/C34H27N3.C4H8.C2H5N.C2H6/c1-24-12-14-29(15-13-24)32-35-33(30-20-16-27(17-21-30)25-8-4-2-5-9-25)37-34(36-32)31-22-18-28(19-23-31)26-10-6-3-7-11-26;1-3-4-2;1-2-3;1-2/h2-23,33H,1H3,(H,35,36,37);3H,1,4H2,2H3;2H,1,3H2;1-2H3. The molecule has 4 heteroatoms. The Morgan fingerprint density at radius 2 is 0.913 bits per heavy atom. The van der Waals surface area contributed by atoms with Gasteiger partial charge in [0.05, 0.1) is 0 Å². The first-order chi connectivity index (χ1) is 22.6. The summed E-state index contributed by atoms with van der Waals surface area (Å²) in [6.45, 7) is 14.8. The van der Waals surface area contributed by atoms with Crippen LogP contribution in [0.5, 0.6) is 0 Å². The smallest absolute Gasteiger partial charge is 0.169 e. The van der Waals surface area contributed by atoms with Gasteiger partial charge in [-0.2, -0.15) is 0 Å². The van der Waals surface area contributed by atoms with E-state index in [1.807, 2.05) is 32.1 Å². The van der Waals surface area contributed by atoms with Gasteiger partial charge < -0.3 is 11.1 Å². The van der Waals surface area contributed by atoms with Gasteiger partial charge in [0.1, 0.15) is 11.7 Å². The number of rotatable bonds is 6. The summed E-state index contributed by atoms with van der Waals surface area (Å²) in [5, 5.41) is 3.50. The predicted molar refractivity (Wildman–Crippen MR) is 200 cm³/mol. The zero-order chi connectivity index (χ0) is 33.1. The van der Waals surface area contributed by atoms with E-state index >= 15 is 0 Å². The molecule has 46 heavy (non-hydrogen) atoms. The summed E-state index contributed by atoms with van der Waals surface area (Å²) in [6.07, 6.45) is 3.88. The summed E-state index contributed by atoms with van der Waals surface area (Å²) in [7, 11) is 0. The van der Waals surface area contributed by atoms with E-state index in [-0.39, 0.29) is 6.17 Å². The molecule has 0 fully saturated rings. The maximum atomic E-state index is 5.04. The molecule has 1 heterocycles. The summed E-state index contributed by atoms with van der Waals surface area (Å²) >= 11 is 0. The van der Waals surface area contributed by atoms with Crippen LogP contribution in [0.4, 0.5) is 0 Å². The van der Waals surface area contributed by atoms with E-state index in [9.17, 15) is 0 Å². The van der Waals surface area contributed by atoms with Crippen molar-refractivity contribution in [3.63, 3.8) is 0 Å². The lowest BCUT2D eigenvalue weighted by Gasteiger charge is -2.22. The van der Waals surface area contributed by atoms with Crippen molar-refractivity contribution in [2.45, 2.75) is 40.3 Å². The number of amidine groups is 2. The summed E-state index contributed by atoms with van der Waals surface area (Å²) in [6, 6.07) is 46.4. The molecular formula is C42H46N4. The average Bonchev–Trinajstić information content (AvgIpc) is 3.14. The van der Waals surface area contributed by atoms with Crippen molar-refractivity contribution >= 4 is 11.7 Å². The molecule has 3 N–H and O–H groups in total. The van der Waals surface area contributed by atoms with Crippen LogP contribution >= 0.6 is 0 Å². The largest absolute Gasteiger partial charge is 0.405 e. The Kier molecular flexibility index (Phi) is 14.5. The molecule has 6 rings (SSSR count). The number of allylic oxidation sites excluding steroid dienone is 1. The zero-order valence-electron chi connectivity index (χ0n) is 27.5. The molecule has 0 spiro atoms. The summed E-state index contributed by atoms with van der Waals surface area (Å²) < 4.78 is 0. The predicted octanol–water partition coefficient (Wildman–Crippen LogP) is 10.5. The van der Waals surface area contributed by atoms with Crippen LogP contribution in [0, 0.1) is 6.92 Å². The van der Waals surface area contributed by atoms with Gasteiger partial charge in [-0.1, -0.05) is 172 Å². The second-order valence-electron chi connectivity index (χ2n) is 10.2. The number of benzene rings is 5. The molecule has 0 bridgehead atoms. The number of aliphatic imine (C=N–C) groups is 2. The third kappa shape index (κ3) is 10.0. The quantitative estimate of drug-likeness (QED) is 0.189. The molecule has 0 aromatic heterocycles. The second kappa shape index (κ2) is 19.0. The highest BCUT2D eigenvalue weighted by atomic mass is 15.2. The number of nitrogens with one attached hydrogen (secondary N) is 1. The molecule has 0 aliphatic carbocycles. The van der Waals surface area contributed by atoms with E-state index in [0.717, 1.165) is 34.8 Å². The van der Waals surface area contributed by atoms with Crippen LogP contribution in [-0.2, 0) is 0 Å². The molecule has 0 amide bonds. The summed E-state index contributed by atoms with van der Waals surface area (Å²) in [5.74, 6) is 1.65. The van der Waals surface area contributed by atoms with Crippen molar-refractivity contribution in [3.05, 3.63) is 181 Å². The summed E-state index contributed by atoms with van der Waals surface area (Å²) in [5.41, 5.74) is 13.7. The minimum Gasteiger partial charge on any atom is -0.405 e. The lowest BCUT2D eigenvalue weighted by Crippen LogP contribution is -2.36. The van der Waals surface area contributed by atoms with Crippen molar-refractivity contribution in [3.8, 4) is 22.3 Å². The van der Waals surface area contributed by atoms with E-state index in [1.165, 1.54) is 34.0 Å². The Morgan fingerprint density at radius 1 is 0.587 bits per heavy atom. The highest BCUT2D eigenvalue weighted by Gasteiger charge is 2.20. The fraction of sp³-hybridized carbons (Fsp3) is 0.143. The molecule has 1 aliphatic rings. The van der Waals surface area contributed by atoms with E-state index in [4.69, 9.17) is 9.98 Å². The molecule has 0 radical (unpaired) electrons. The molecule has 1 unspecified atom stereocenters. The molecule has 5 aromatic carbocycles. The molecule has 0 saturated carbocycles. The molecular weight excluding hydrogens is 560 g/mol.